The average molecular weight is 548 g/mol. The number of rotatable bonds is 7. The smallest absolute Gasteiger partial charge is 0.319 e. The molecule has 0 radical (unpaired) electrons. The number of carbonyl (C=O) groups excluding carboxylic acids is 3. The van der Waals surface area contributed by atoms with E-state index in [1.807, 2.05) is 0 Å². The van der Waals surface area contributed by atoms with Gasteiger partial charge in [-0.2, -0.15) is 5.26 Å². The number of ether oxygens (including phenoxy) is 2. The molecule has 1 aliphatic rings. The van der Waals surface area contributed by atoms with Crippen LogP contribution in [0.5, 0.6) is 5.75 Å². The van der Waals surface area contributed by atoms with Crippen LogP contribution in [0.2, 0.25) is 0 Å². The Kier molecular flexibility index (Phi) is 8.31. The highest BCUT2D eigenvalue weighted by Gasteiger charge is 2.44. The molecule has 0 fully saturated rings. The van der Waals surface area contributed by atoms with Gasteiger partial charge in [0, 0.05) is 5.92 Å². The number of methoxy groups -OCH3 is 2. The van der Waals surface area contributed by atoms with Crippen molar-refractivity contribution in [3.05, 3.63) is 68.9 Å². The van der Waals surface area contributed by atoms with Gasteiger partial charge < -0.3 is 20.1 Å². The predicted octanol–water partition coefficient (Wildman–Crippen LogP) is 3.71. The molecule has 2 N–H and O–H groups in total. The highest BCUT2D eigenvalue weighted by Crippen LogP contribution is 2.42. The molecule has 0 aromatic heterocycles. The van der Waals surface area contributed by atoms with Crippen LogP contribution in [0.15, 0.2) is 57.5 Å². The molecule has 2 amide bonds. The van der Waals surface area contributed by atoms with Crippen molar-refractivity contribution in [3.63, 3.8) is 0 Å². The minimum Gasteiger partial charge on any atom is -0.496 e. The SMILES string of the molecule is COC(=O)[C@H]1C(=O)NC(SCC(=O)Nc2ccccc2F)=C(C#N)[C@H]1c1ccc(OC)c(Br)c1. The van der Waals surface area contributed by atoms with Gasteiger partial charge in [0.2, 0.25) is 11.8 Å². The van der Waals surface area contributed by atoms with Crippen molar-refractivity contribution in [2.45, 2.75) is 5.92 Å². The number of nitrogens with zero attached hydrogens (tertiary/aromatic N) is 1. The second-order valence-corrected chi connectivity index (χ2v) is 8.87. The number of halogens is 2. The molecular weight excluding hydrogens is 529 g/mol. The molecule has 1 heterocycles. The van der Waals surface area contributed by atoms with Gasteiger partial charge in [-0.05, 0) is 45.8 Å². The number of nitriles is 1. The summed E-state index contributed by atoms with van der Waals surface area (Å²) in [4.78, 5) is 37.7. The molecule has 3 rings (SSSR count). The number of thioether (sulfide) groups is 1. The fourth-order valence-corrected chi connectivity index (χ4v) is 4.85. The molecule has 8 nitrogen and oxygen atoms in total. The van der Waals surface area contributed by atoms with Crippen molar-refractivity contribution in [2.75, 3.05) is 25.3 Å². The number of amides is 2. The van der Waals surface area contributed by atoms with Crippen molar-refractivity contribution in [1.29, 1.82) is 5.26 Å². The highest BCUT2D eigenvalue weighted by molar-refractivity contribution is 9.10. The van der Waals surface area contributed by atoms with Crippen molar-refractivity contribution in [3.8, 4) is 11.8 Å². The molecule has 0 unspecified atom stereocenters. The number of para-hydroxylation sites is 1. The molecule has 176 valence electrons. The Bertz CT molecular complexity index is 1210. The number of benzene rings is 2. The summed E-state index contributed by atoms with van der Waals surface area (Å²) in [5.74, 6) is -4.54. The highest BCUT2D eigenvalue weighted by atomic mass is 79.9. The third-order valence-electron chi connectivity index (χ3n) is 5.01. The van der Waals surface area contributed by atoms with E-state index in [0.29, 0.717) is 15.8 Å². The molecule has 11 heteroatoms. The normalized spacial score (nSPS) is 17.4. The quantitative estimate of drug-likeness (QED) is 0.400. The Morgan fingerprint density at radius 3 is 2.62 bits per heavy atom. The molecule has 2 atom stereocenters. The number of hydrogen-bond donors (Lipinski definition) is 2. The second kappa shape index (κ2) is 11.2. The van der Waals surface area contributed by atoms with Crippen LogP contribution in [-0.2, 0) is 19.1 Å². The number of allylic oxidation sites excluding steroid dienone is 1. The molecule has 2 aromatic rings. The Morgan fingerprint density at radius 1 is 1.26 bits per heavy atom. The lowest BCUT2D eigenvalue weighted by Gasteiger charge is -2.31. The van der Waals surface area contributed by atoms with E-state index in [-0.39, 0.29) is 22.0 Å². The maximum Gasteiger partial charge on any atom is 0.319 e. The molecule has 1 aliphatic heterocycles. The van der Waals surface area contributed by atoms with Crippen LogP contribution in [0.3, 0.4) is 0 Å². The van der Waals surface area contributed by atoms with E-state index < -0.39 is 35.4 Å². The maximum absolute atomic E-state index is 13.8. The minimum absolute atomic E-state index is 0.0157. The second-order valence-electron chi connectivity index (χ2n) is 7.03. The fraction of sp³-hybridized carbons (Fsp3) is 0.217. The molecule has 0 spiro atoms. The van der Waals surface area contributed by atoms with Gasteiger partial charge in [0.15, 0.2) is 0 Å². The summed E-state index contributed by atoms with van der Waals surface area (Å²) in [6.45, 7) is 0. The number of carbonyl (C=O) groups is 3. The molecular formula is C23H19BrFN3O5S. The van der Waals surface area contributed by atoms with Gasteiger partial charge in [0.05, 0.1) is 46.8 Å². The van der Waals surface area contributed by atoms with Gasteiger partial charge in [0.1, 0.15) is 17.5 Å². The summed E-state index contributed by atoms with van der Waals surface area (Å²) < 4.78 is 24.4. The summed E-state index contributed by atoms with van der Waals surface area (Å²) in [6, 6.07) is 12.7. The monoisotopic (exact) mass is 547 g/mol. The van der Waals surface area contributed by atoms with E-state index in [1.54, 1.807) is 24.3 Å². The molecule has 0 saturated carbocycles. The van der Waals surface area contributed by atoms with Gasteiger partial charge in [-0.25, -0.2) is 4.39 Å². The van der Waals surface area contributed by atoms with Crippen LogP contribution in [0.25, 0.3) is 0 Å². The van der Waals surface area contributed by atoms with Crippen LogP contribution in [0.4, 0.5) is 10.1 Å². The van der Waals surface area contributed by atoms with E-state index in [0.717, 1.165) is 18.9 Å². The number of hydrogen-bond acceptors (Lipinski definition) is 7. The maximum atomic E-state index is 13.8. The standard InChI is InChI=1S/C23H19BrFN3O5S/c1-32-17-8-7-12(9-14(17)24)19-13(10-26)22(28-21(30)20(19)23(31)33-2)34-11-18(29)27-16-6-4-3-5-15(16)25/h3-9,19-20H,11H2,1-2H3,(H,27,29)(H,28,30)/t19-,20-/m1/s1. The van der Waals surface area contributed by atoms with E-state index in [9.17, 15) is 24.0 Å². The van der Waals surface area contributed by atoms with Crippen LogP contribution >= 0.6 is 27.7 Å². The zero-order chi connectivity index (χ0) is 24.8. The van der Waals surface area contributed by atoms with Crippen LogP contribution in [0.1, 0.15) is 11.5 Å². The van der Waals surface area contributed by atoms with Crippen molar-refractivity contribution >= 4 is 51.2 Å². The van der Waals surface area contributed by atoms with Crippen LogP contribution in [-0.4, -0.2) is 37.8 Å². The first-order valence-corrected chi connectivity index (χ1v) is 11.6. The first-order chi connectivity index (χ1) is 16.3. The predicted molar refractivity (Wildman–Crippen MR) is 127 cm³/mol. The summed E-state index contributed by atoms with van der Waals surface area (Å²) in [5.41, 5.74) is 0.612. The van der Waals surface area contributed by atoms with E-state index in [4.69, 9.17) is 9.47 Å². The average Bonchev–Trinajstić information content (AvgIpc) is 2.83. The third-order valence-corrected chi connectivity index (χ3v) is 6.65. The Labute approximate surface area is 207 Å². The molecule has 0 saturated heterocycles. The summed E-state index contributed by atoms with van der Waals surface area (Å²) in [6.07, 6.45) is 0. The van der Waals surface area contributed by atoms with Crippen molar-refractivity contribution in [1.82, 2.24) is 5.32 Å². The third kappa shape index (κ3) is 5.40. The van der Waals surface area contributed by atoms with Gasteiger partial charge in [-0.15, -0.1) is 0 Å². The number of anilines is 1. The fourth-order valence-electron chi connectivity index (χ4n) is 3.44. The summed E-state index contributed by atoms with van der Waals surface area (Å²) >= 11 is 4.28. The molecule has 34 heavy (non-hydrogen) atoms. The minimum atomic E-state index is -1.31. The van der Waals surface area contributed by atoms with Gasteiger partial charge in [-0.3, -0.25) is 14.4 Å². The number of esters is 1. The number of nitrogens with one attached hydrogen (secondary N) is 2. The first-order valence-electron chi connectivity index (χ1n) is 9.84. The molecule has 0 aliphatic carbocycles. The zero-order valence-electron chi connectivity index (χ0n) is 18.1. The first kappa shape index (κ1) is 25.3. The lowest BCUT2D eigenvalue weighted by Crippen LogP contribution is -2.44. The Morgan fingerprint density at radius 2 is 2.00 bits per heavy atom. The van der Waals surface area contributed by atoms with Gasteiger partial charge in [0.25, 0.3) is 0 Å². The topological polar surface area (TPSA) is 118 Å². The summed E-state index contributed by atoms with van der Waals surface area (Å²) in [5, 5.41) is 15.1. The van der Waals surface area contributed by atoms with Gasteiger partial charge in [-0.1, -0.05) is 30.0 Å². The largest absolute Gasteiger partial charge is 0.496 e. The van der Waals surface area contributed by atoms with E-state index in [2.05, 4.69) is 32.6 Å². The van der Waals surface area contributed by atoms with Crippen LogP contribution < -0.4 is 15.4 Å². The van der Waals surface area contributed by atoms with E-state index in [1.165, 1.54) is 25.3 Å². The van der Waals surface area contributed by atoms with Crippen LogP contribution in [0, 0.1) is 23.1 Å². The Balaban J connectivity index is 1.94. The summed E-state index contributed by atoms with van der Waals surface area (Å²) in [7, 11) is 2.65. The lowest BCUT2D eigenvalue weighted by molar-refractivity contribution is -0.150. The van der Waals surface area contributed by atoms with Crippen molar-refractivity contribution in [2.24, 2.45) is 5.92 Å². The molecule has 0 bridgehead atoms. The molecule has 2 aromatic carbocycles. The Hall–Kier alpha value is -3.36. The zero-order valence-corrected chi connectivity index (χ0v) is 20.5. The lowest BCUT2D eigenvalue weighted by atomic mass is 9.78. The van der Waals surface area contributed by atoms with Crippen molar-refractivity contribution < 1.29 is 28.2 Å². The van der Waals surface area contributed by atoms with E-state index >= 15 is 0 Å². The van der Waals surface area contributed by atoms with Gasteiger partial charge >= 0.3 is 5.97 Å².